The molecule has 1 fully saturated rings. The Bertz CT molecular complexity index is 800. The van der Waals surface area contributed by atoms with E-state index in [0.29, 0.717) is 11.5 Å². The summed E-state index contributed by atoms with van der Waals surface area (Å²) in [6.07, 6.45) is 5.03. The summed E-state index contributed by atoms with van der Waals surface area (Å²) in [6.45, 7) is 4.84. The highest BCUT2D eigenvalue weighted by Crippen LogP contribution is 2.27. The summed E-state index contributed by atoms with van der Waals surface area (Å²) < 4.78 is 1.83. The molecular formula is C18H24N6O2. The molecule has 26 heavy (non-hydrogen) atoms. The monoisotopic (exact) mass is 356 g/mol. The Hall–Kier alpha value is -2.90. The van der Waals surface area contributed by atoms with E-state index >= 15 is 0 Å². The van der Waals surface area contributed by atoms with Gasteiger partial charge in [-0.05, 0) is 18.9 Å². The van der Waals surface area contributed by atoms with Crippen molar-refractivity contribution >= 4 is 11.6 Å². The summed E-state index contributed by atoms with van der Waals surface area (Å²) in [5.41, 5.74) is 1.97. The lowest BCUT2D eigenvalue weighted by molar-refractivity contribution is -0.385. The van der Waals surface area contributed by atoms with E-state index in [1.165, 1.54) is 11.6 Å². The number of nitro benzene ring substituents is 1. The predicted molar refractivity (Wildman–Crippen MR) is 100 cm³/mol. The molecular weight excluding hydrogens is 332 g/mol. The molecule has 0 radical (unpaired) electrons. The average Bonchev–Trinajstić information content (AvgIpc) is 3.27. The molecule has 1 aromatic carbocycles. The number of rotatable bonds is 5. The Morgan fingerprint density at radius 3 is 2.96 bits per heavy atom. The van der Waals surface area contributed by atoms with Crippen molar-refractivity contribution in [2.24, 2.45) is 12.0 Å². The fraction of sp³-hybridized carbons (Fsp3) is 0.444. The fourth-order valence-electron chi connectivity index (χ4n) is 3.28. The van der Waals surface area contributed by atoms with Crippen molar-refractivity contribution in [2.45, 2.75) is 25.8 Å². The van der Waals surface area contributed by atoms with Gasteiger partial charge in [0.05, 0.1) is 23.2 Å². The molecule has 8 nitrogen and oxygen atoms in total. The van der Waals surface area contributed by atoms with Crippen LogP contribution >= 0.6 is 0 Å². The maximum absolute atomic E-state index is 11.2. The molecule has 138 valence electrons. The van der Waals surface area contributed by atoms with Gasteiger partial charge in [-0.25, -0.2) is 4.99 Å². The van der Waals surface area contributed by atoms with Crippen LogP contribution in [0.4, 0.5) is 5.69 Å². The number of hydrogen-bond donors (Lipinski definition) is 1. The minimum Gasteiger partial charge on any atom is -0.357 e. The second-order valence-electron chi connectivity index (χ2n) is 6.43. The lowest BCUT2D eigenvalue weighted by atomic mass is 10.0. The molecule has 1 aliphatic heterocycles. The molecule has 1 aliphatic rings. The molecule has 1 atom stereocenters. The largest absolute Gasteiger partial charge is 0.357 e. The van der Waals surface area contributed by atoms with Crippen LogP contribution in [0.5, 0.6) is 0 Å². The van der Waals surface area contributed by atoms with Crippen LogP contribution in [0.2, 0.25) is 0 Å². The van der Waals surface area contributed by atoms with Crippen LogP contribution in [0.15, 0.2) is 41.7 Å². The van der Waals surface area contributed by atoms with Gasteiger partial charge in [0.1, 0.15) is 0 Å². The summed E-state index contributed by atoms with van der Waals surface area (Å²) in [5, 5.41) is 18.7. The molecule has 0 spiro atoms. The van der Waals surface area contributed by atoms with Crippen molar-refractivity contribution < 1.29 is 4.92 Å². The van der Waals surface area contributed by atoms with Crippen LogP contribution in [0.3, 0.4) is 0 Å². The van der Waals surface area contributed by atoms with E-state index in [1.54, 1.807) is 18.2 Å². The summed E-state index contributed by atoms with van der Waals surface area (Å²) in [6, 6.07) is 6.76. The van der Waals surface area contributed by atoms with Crippen LogP contribution < -0.4 is 5.32 Å². The van der Waals surface area contributed by atoms with Gasteiger partial charge in [-0.15, -0.1) is 0 Å². The Labute approximate surface area is 152 Å². The molecule has 1 saturated heterocycles. The Morgan fingerprint density at radius 1 is 1.46 bits per heavy atom. The minimum atomic E-state index is -0.355. The van der Waals surface area contributed by atoms with Gasteiger partial charge in [0.25, 0.3) is 5.69 Å². The molecule has 3 rings (SSSR count). The van der Waals surface area contributed by atoms with Crippen molar-refractivity contribution in [3.05, 3.63) is 57.9 Å². The average molecular weight is 356 g/mol. The summed E-state index contributed by atoms with van der Waals surface area (Å²) in [5.74, 6) is 1.23. The predicted octanol–water partition coefficient (Wildman–Crippen LogP) is 2.28. The number of nitrogens with one attached hydrogen (secondary N) is 1. The lowest BCUT2D eigenvalue weighted by Crippen LogP contribution is -2.40. The van der Waals surface area contributed by atoms with Crippen molar-refractivity contribution in [3.8, 4) is 0 Å². The Kier molecular flexibility index (Phi) is 5.50. The van der Waals surface area contributed by atoms with E-state index in [2.05, 4.69) is 26.5 Å². The number of aromatic nitrogens is 2. The smallest absolute Gasteiger partial charge is 0.274 e. The van der Waals surface area contributed by atoms with Crippen LogP contribution in [-0.2, 0) is 13.6 Å². The second kappa shape index (κ2) is 7.99. The maximum Gasteiger partial charge on any atom is 0.274 e. The van der Waals surface area contributed by atoms with E-state index in [4.69, 9.17) is 0 Å². The van der Waals surface area contributed by atoms with E-state index < -0.39 is 0 Å². The normalized spacial score (nSPS) is 17.5. The summed E-state index contributed by atoms with van der Waals surface area (Å²) >= 11 is 0. The first-order valence-electron chi connectivity index (χ1n) is 8.82. The number of aliphatic imine (C=N–C) groups is 1. The standard InChI is InChI=1S/C18H24N6O2/c1-3-19-18(20-10-14-6-4-5-7-17(14)24(25)26)23-9-8-15(13-23)16-11-21-22(2)12-16/h4-7,11-12,15H,3,8-10,13H2,1-2H3,(H,19,20). The number of nitrogens with zero attached hydrogens (tertiary/aromatic N) is 5. The van der Waals surface area contributed by atoms with Crippen molar-refractivity contribution in [1.29, 1.82) is 0 Å². The van der Waals surface area contributed by atoms with E-state index in [1.807, 2.05) is 24.9 Å². The molecule has 8 heteroatoms. The topological polar surface area (TPSA) is 88.6 Å². The molecule has 1 aromatic heterocycles. The van der Waals surface area contributed by atoms with Crippen LogP contribution in [0, 0.1) is 10.1 Å². The van der Waals surface area contributed by atoms with Crippen molar-refractivity contribution in [3.63, 3.8) is 0 Å². The van der Waals surface area contributed by atoms with Gasteiger partial charge >= 0.3 is 0 Å². The third-order valence-corrected chi connectivity index (χ3v) is 4.61. The van der Waals surface area contributed by atoms with E-state index in [9.17, 15) is 10.1 Å². The number of benzene rings is 1. The number of guanidine groups is 1. The van der Waals surface area contributed by atoms with Crippen LogP contribution in [-0.4, -0.2) is 45.2 Å². The molecule has 2 heterocycles. The second-order valence-corrected chi connectivity index (χ2v) is 6.43. The molecule has 1 N–H and O–H groups in total. The van der Waals surface area contributed by atoms with Gasteiger partial charge in [0.2, 0.25) is 0 Å². The molecule has 0 bridgehead atoms. The summed E-state index contributed by atoms with van der Waals surface area (Å²) in [7, 11) is 1.93. The summed E-state index contributed by atoms with van der Waals surface area (Å²) in [4.78, 5) is 17.7. The van der Waals surface area contributed by atoms with Gasteiger partial charge in [-0.2, -0.15) is 5.10 Å². The molecule has 0 amide bonds. The number of likely N-dealkylation sites (tertiary alicyclic amines) is 1. The zero-order valence-corrected chi connectivity index (χ0v) is 15.1. The van der Waals surface area contributed by atoms with Gasteiger partial charge in [-0.3, -0.25) is 14.8 Å². The highest BCUT2D eigenvalue weighted by atomic mass is 16.6. The number of nitro groups is 1. The van der Waals surface area contributed by atoms with Gasteiger partial charge in [0, 0.05) is 44.9 Å². The molecule has 0 aliphatic carbocycles. The van der Waals surface area contributed by atoms with E-state index in [-0.39, 0.29) is 17.2 Å². The number of hydrogen-bond acceptors (Lipinski definition) is 4. The van der Waals surface area contributed by atoms with Gasteiger partial charge in [0.15, 0.2) is 5.96 Å². The SMILES string of the molecule is CCNC(=NCc1ccccc1[N+](=O)[O-])N1CCC(c2cnn(C)c2)C1. The number of aryl methyl sites for hydroxylation is 1. The number of para-hydroxylation sites is 1. The van der Waals surface area contributed by atoms with Gasteiger partial charge < -0.3 is 10.2 Å². The molecule has 1 unspecified atom stereocenters. The van der Waals surface area contributed by atoms with Crippen LogP contribution in [0.25, 0.3) is 0 Å². The van der Waals surface area contributed by atoms with Crippen molar-refractivity contribution in [1.82, 2.24) is 20.0 Å². The third-order valence-electron chi connectivity index (χ3n) is 4.61. The Morgan fingerprint density at radius 2 is 2.27 bits per heavy atom. The lowest BCUT2D eigenvalue weighted by Gasteiger charge is -2.21. The quantitative estimate of drug-likeness (QED) is 0.384. The Balaban J connectivity index is 1.73. The maximum atomic E-state index is 11.2. The first-order valence-corrected chi connectivity index (χ1v) is 8.82. The first-order chi connectivity index (χ1) is 12.6. The molecule has 2 aromatic rings. The van der Waals surface area contributed by atoms with E-state index in [0.717, 1.165) is 32.0 Å². The third kappa shape index (κ3) is 4.01. The zero-order valence-electron chi connectivity index (χ0n) is 15.1. The minimum absolute atomic E-state index is 0.113. The van der Waals surface area contributed by atoms with Crippen molar-refractivity contribution in [2.75, 3.05) is 19.6 Å². The molecule has 0 saturated carbocycles. The highest BCUT2D eigenvalue weighted by molar-refractivity contribution is 5.80. The fourth-order valence-corrected chi connectivity index (χ4v) is 3.28. The van der Waals surface area contributed by atoms with Crippen LogP contribution in [0.1, 0.15) is 30.4 Å². The first kappa shape index (κ1) is 17.9. The van der Waals surface area contributed by atoms with Gasteiger partial charge in [-0.1, -0.05) is 18.2 Å². The zero-order chi connectivity index (χ0) is 18.5. The highest BCUT2D eigenvalue weighted by Gasteiger charge is 2.27.